The molecule has 0 aromatic carbocycles. The van der Waals surface area contributed by atoms with Gasteiger partial charge in [-0.15, -0.1) is 11.3 Å². The number of aliphatic carboxylic acids is 1. The first-order valence-electron chi connectivity index (χ1n) is 7.00. The molecule has 1 atom stereocenters. The van der Waals surface area contributed by atoms with Gasteiger partial charge in [-0.05, 0) is 26.2 Å². The van der Waals surface area contributed by atoms with Crippen molar-refractivity contribution in [3.63, 3.8) is 0 Å². The van der Waals surface area contributed by atoms with Crippen LogP contribution in [0.2, 0.25) is 0 Å². The van der Waals surface area contributed by atoms with Crippen LogP contribution in [0.4, 0.5) is 5.13 Å². The zero-order valence-corrected chi connectivity index (χ0v) is 12.9. The van der Waals surface area contributed by atoms with E-state index < -0.39 is 11.9 Å². The van der Waals surface area contributed by atoms with Gasteiger partial charge in [0.1, 0.15) is 5.92 Å². The Kier molecular flexibility index (Phi) is 3.67. The number of rotatable bonds is 4. The molecular weight excluding hydrogens is 288 g/mol. The van der Waals surface area contributed by atoms with Gasteiger partial charge in [0.25, 0.3) is 0 Å². The van der Waals surface area contributed by atoms with E-state index >= 15 is 0 Å². The first kappa shape index (κ1) is 14.1. The lowest BCUT2D eigenvalue weighted by Gasteiger charge is -2.16. The smallest absolute Gasteiger partial charge is 0.312 e. The average Bonchev–Trinajstić information content (AvgIpc) is 3.01. The summed E-state index contributed by atoms with van der Waals surface area (Å²) in [5, 5.41) is 17.6. The average molecular weight is 306 g/mol. The molecule has 0 saturated heterocycles. The van der Waals surface area contributed by atoms with Gasteiger partial charge >= 0.3 is 5.97 Å². The van der Waals surface area contributed by atoms with Crippen molar-refractivity contribution in [2.75, 3.05) is 5.32 Å². The number of carboxylic acids is 1. The molecule has 1 unspecified atom stereocenters. The molecule has 0 spiro atoms. The molecule has 2 aromatic heterocycles. The number of anilines is 1. The van der Waals surface area contributed by atoms with Crippen LogP contribution in [0, 0.1) is 6.92 Å². The van der Waals surface area contributed by atoms with Gasteiger partial charge in [-0.25, -0.2) is 4.98 Å². The first-order valence-corrected chi connectivity index (χ1v) is 7.81. The van der Waals surface area contributed by atoms with Crippen LogP contribution < -0.4 is 5.32 Å². The monoisotopic (exact) mass is 306 g/mol. The number of aromatic nitrogens is 3. The molecule has 1 aliphatic rings. The number of nitrogens with one attached hydrogen (secondary N) is 1. The minimum absolute atomic E-state index is 0.444. The highest BCUT2D eigenvalue weighted by Gasteiger charge is 2.29. The maximum Gasteiger partial charge on any atom is 0.312 e. The molecule has 0 radical (unpaired) electrons. The fourth-order valence-electron chi connectivity index (χ4n) is 2.62. The van der Waals surface area contributed by atoms with Gasteiger partial charge in [0, 0.05) is 29.7 Å². The molecule has 0 fully saturated rings. The Bertz CT molecular complexity index is 677. The van der Waals surface area contributed by atoms with Crippen molar-refractivity contribution in [3.05, 3.63) is 28.0 Å². The number of fused-ring (bicyclic) bond motifs is 1. The van der Waals surface area contributed by atoms with Gasteiger partial charge in [-0.3, -0.25) is 9.48 Å². The topological polar surface area (TPSA) is 80.0 Å². The predicted octanol–water partition coefficient (Wildman–Crippen LogP) is 2.30. The van der Waals surface area contributed by atoms with Crippen LogP contribution in [0.5, 0.6) is 0 Å². The zero-order valence-electron chi connectivity index (χ0n) is 12.1. The van der Waals surface area contributed by atoms with Crippen LogP contribution >= 0.6 is 11.3 Å². The second-order valence-electron chi connectivity index (χ2n) is 5.34. The third-order valence-corrected chi connectivity index (χ3v) is 5.11. The van der Waals surface area contributed by atoms with Crippen LogP contribution in [-0.4, -0.2) is 25.8 Å². The highest BCUT2D eigenvalue weighted by molar-refractivity contribution is 7.15. The van der Waals surface area contributed by atoms with Gasteiger partial charge in [-0.1, -0.05) is 0 Å². The quantitative estimate of drug-likeness (QED) is 0.906. The van der Waals surface area contributed by atoms with Crippen LogP contribution in [0.3, 0.4) is 0 Å². The Morgan fingerprint density at radius 1 is 1.62 bits per heavy atom. The Labute approximate surface area is 126 Å². The van der Waals surface area contributed by atoms with Crippen molar-refractivity contribution in [1.82, 2.24) is 14.8 Å². The molecule has 2 N–H and O–H groups in total. The Morgan fingerprint density at radius 3 is 3.10 bits per heavy atom. The van der Waals surface area contributed by atoms with Crippen molar-refractivity contribution >= 4 is 22.4 Å². The highest BCUT2D eigenvalue weighted by Crippen LogP contribution is 2.36. The number of carboxylic acid groups (broad SMARTS) is 1. The number of aryl methyl sites for hydroxylation is 2. The normalized spacial score (nSPS) is 17.5. The SMILES string of the molecule is Cc1c(CNc2nc3c(s2)CCCC3C(=O)O)cnn1C. The van der Waals surface area contributed by atoms with E-state index in [1.54, 1.807) is 11.3 Å². The van der Waals surface area contributed by atoms with Crippen molar-refractivity contribution in [2.24, 2.45) is 7.05 Å². The summed E-state index contributed by atoms with van der Waals surface area (Å²) in [6, 6.07) is 0. The summed E-state index contributed by atoms with van der Waals surface area (Å²) >= 11 is 1.58. The van der Waals surface area contributed by atoms with Crippen molar-refractivity contribution in [1.29, 1.82) is 0 Å². The predicted molar refractivity (Wildman–Crippen MR) is 80.7 cm³/mol. The maximum atomic E-state index is 11.3. The standard InChI is InChI=1S/C14H18N4O2S/c1-8-9(7-16-18(8)2)6-15-14-17-12-10(13(19)20)4-3-5-11(12)21-14/h7,10H,3-6H2,1-2H3,(H,15,17)(H,19,20). The van der Waals surface area contributed by atoms with Crippen LogP contribution in [0.1, 0.15) is 40.6 Å². The molecule has 7 heteroatoms. The summed E-state index contributed by atoms with van der Waals surface area (Å²) in [5.41, 5.74) is 3.00. The Balaban J connectivity index is 1.76. The van der Waals surface area contributed by atoms with E-state index in [1.807, 2.05) is 24.9 Å². The zero-order chi connectivity index (χ0) is 15.0. The molecule has 21 heavy (non-hydrogen) atoms. The summed E-state index contributed by atoms with van der Waals surface area (Å²) in [6.45, 7) is 2.68. The lowest BCUT2D eigenvalue weighted by Crippen LogP contribution is -2.17. The summed E-state index contributed by atoms with van der Waals surface area (Å²) in [6.07, 6.45) is 4.39. The summed E-state index contributed by atoms with van der Waals surface area (Å²) in [7, 11) is 1.92. The van der Waals surface area contributed by atoms with E-state index in [0.717, 1.165) is 39.8 Å². The third kappa shape index (κ3) is 2.65. The summed E-state index contributed by atoms with van der Waals surface area (Å²) < 4.78 is 1.84. The number of hydrogen-bond acceptors (Lipinski definition) is 5. The van der Waals surface area contributed by atoms with Crippen LogP contribution in [-0.2, 0) is 24.8 Å². The molecule has 2 aromatic rings. The lowest BCUT2D eigenvalue weighted by molar-refractivity contribution is -0.139. The molecule has 112 valence electrons. The third-order valence-electron chi connectivity index (χ3n) is 4.02. The van der Waals surface area contributed by atoms with E-state index in [-0.39, 0.29) is 0 Å². The molecule has 1 aliphatic carbocycles. The lowest BCUT2D eigenvalue weighted by atomic mass is 9.91. The van der Waals surface area contributed by atoms with E-state index in [0.29, 0.717) is 13.0 Å². The van der Waals surface area contributed by atoms with Crippen molar-refractivity contribution in [3.8, 4) is 0 Å². The second-order valence-corrected chi connectivity index (χ2v) is 6.43. The van der Waals surface area contributed by atoms with Gasteiger partial charge in [0.15, 0.2) is 5.13 Å². The van der Waals surface area contributed by atoms with E-state index in [4.69, 9.17) is 0 Å². The summed E-state index contributed by atoms with van der Waals surface area (Å²) in [4.78, 5) is 16.9. The molecule has 6 nitrogen and oxygen atoms in total. The van der Waals surface area contributed by atoms with Gasteiger partial charge in [-0.2, -0.15) is 5.10 Å². The fourth-order valence-corrected chi connectivity index (χ4v) is 3.68. The van der Waals surface area contributed by atoms with E-state index in [2.05, 4.69) is 15.4 Å². The first-order chi connectivity index (χ1) is 10.1. The minimum Gasteiger partial charge on any atom is -0.481 e. The minimum atomic E-state index is -0.768. The molecule has 3 rings (SSSR count). The Hall–Kier alpha value is -1.89. The van der Waals surface area contributed by atoms with E-state index in [1.165, 1.54) is 0 Å². The van der Waals surface area contributed by atoms with Crippen LogP contribution in [0.15, 0.2) is 6.20 Å². The van der Waals surface area contributed by atoms with Crippen molar-refractivity contribution < 1.29 is 9.90 Å². The number of nitrogens with zero attached hydrogens (tertiary/aromatic N) is 3. The molecule has 2 heterocycles. The van der Waals surface area contributed by atoms with Gasteiger partial charge in [0.05, 0.1) is 11.9 Å². The Morgan fingerprint density at radius 2 is 2.43 bits per heavy atom. The molecule has 0 aliphatic heterocycles. The van der Waals surface area contributed by atoms with Gasteiger partial charge < -0.3 is 10.4 Å². The highest BCUT2D eigenvalue weighted by atomic mass is 32.1. The number of carbonyl (C=O) groups is 1. The van der Waals surface area contributed by atoms with Crippen LogP contribution in [0.25, 0.3) is 0 Å². The largest absolute Gasteiger partial charge is 0.481 e. The number of hydrogen-bond donors (Lipinski definition) is 2. The molecular formula is C14H18N4O2S. The summed E-state index contributed by atoms with van der Waals surface area (Å²) in [5.74, 6) is -1.21. The second kappa shape index (κ2) is 5.48. The van der Waals surface area contributed by atoms with E-state index in [9.17, 15) is 9.90 Å². The fraction of sp³-hybridized carbons (Fsp3) is 0.500. The van der Waals surface area contributed by atoms with Crippen molar-refractivity contribution in [2.45, 2.75) is 38.6 Å². The maximum absolute atomic E-state index is 11.3. The molecule has 0 amide bonds. The molecule has 0 bridgehead atoms. The number of thiazole rings is 1. The molecule has 0 saturated carbocycles. The van der Waals surface area contributed by atoms with Gasteiger partial charge in [0.2, 0.25) is 0 Å².